The van der Waals surface area contributed by atoms with Crippen LogP contribution in [0.25, 0.3) is 0 Å². The second kappa shape index (κ2) is 6.38. The second-order valence-electron chi connectivity index (χ2n) is 6.01. The number of hydrogen-bond acceptors (Lipinski definition) is 2. The van der Waals surface area contributed by atoms with Gasteiger partial charge in [0.15, 0.2) is 0 Å². The first-order chi connectivity index (χ1) is 9.89. The van der Waals surface area contributed by atoms with Gasteiger partial charge in [-0.3, -0.25) is 4.79 Å². The molecule has 1 N–H and O–H groups in total. The van der Waals surface area contributed by atoms with Crippen LogP contribution in [0.15, 0.2) is 11.6 Å². The molecule has 2 aliphatic rings. The summed E-state index contributed by atoms with van der Waals surface area (Å²) in [5.41, 5.74) is -0.870. The standard InChI is InChI=1S/C15H23F3N2O/c1-2-5-14(6-8-19-9-7-14)13(21)20-10-3-12(4-11-20)15(16,17)18/h3,19H,2,4-11H2,1H3. The third-order valence-corrected chi connectivity index (χ3v) is 4.60. The number of carbonyl (C=O) groups is 1. The number of amides is 1. The molecule has 0 atom stereocenters. The molecule has 120 valence electrons. The van der Waals surface area contributed by atoms with Crippen molar-refractivity contribution in [2.75, 3.05) is 26.2 Å². The lowest BCUT2D eigenvalue weighted by atomic mass is 9.74. The van der Waals surface area contributed by atoms with Crippen LogP contribution >= 0.6 is 0 Å². The fourth-order valence-electron chi connectivity index (χ4n) is 3.40. The zero-order valence-corrected chi connectivity index (χ0v) is 12.4. The van der Waals surface area contributed by atoms with E-state index in [1.54, 1.807) is 4.90 Å². The molecule has 0 radical (unpaired) electrons. The van der Waals surface area contributed by atoms with E-state index in [1.807, 2.05) is 0 Å². The lowest BCUT2D eigenvalue weighted by molar-refractivity contribution is -0.145. The van der Waals surface area contributed by atoms with Gasteiger partial charge in [0.05, 0.1) is 5.41 Å². The average molecular weight is 304 g/mol. The Morgan fingerprint density at radius 1 is 1.38 bits per heavy atom. The molecule has 0 aromatic carbocycles. The van der Waals surface area contributed by atoms with Crippen molar-refractivity contribution in [2.45, 2.75) is 45.2 Å². The Balaban J connectivity index is 2.07. The van der Waals surface area contributed by atoms with Gasteiger partial charge in [0.25, 0.3) is 0 Å². The summed E-state index contributed by atoms with van der Waals surface area (Å²) in [6, 6.07) is 0. The fraction of sp³-hybridized carbons (Fsp3) is 0.800. The minimum absolute atomic E-state index is 0.0447. The summed E-state index contributed by atoms with van der Waals surface area (Å²) in [5, 5.41) is 3.25. The molecule has 21 heavy (non-hydrogen) atoms. The van der Waals surface area contributed by atoms with Crippen molar-refractivity contribution >= 4 is 5.91 Å². The van der Waals surface area contributed by atoms with Crippen LogP contribution in [0, 0.1) is 5.41 Å². The molecule has 6 heteroatoms. The van der Waals surface area contributed by atoms with Gasteiger partial charge in [-0.1, -0.05) is 19.4 Å². The monoisotopic (exact) mass is 304 g/mol. The average Bonchev–Trinajstić information content (AvgIpc) is 2.47. The van der Waals surface area contributed by atoms with E-state index in [9.17, 15) is 18.0 Å². The van der Waals surface area contributed by atoms with Gasteiger partial charge < -0.3 is 10.2 Å². The zero-order chi connectivity index (χ0) is 15.5. The molecule has 0 spiro atoms. The van der Waals surface area contributed by atoms with Crippen LogP contribution in [-0.2, 0) is 4.79 Å². The van der Waals surface area contributed by atoms with Crippen molar-refractivity contribution in [3.8, 4) is 0 Å². The van der Waals surface area contributed by atoms with Gasteiger partial charge in [0.2, 0.25) is 5.91 Å². The smallest absolute Gasteiger partial charge is 0.338 e. The summed E-state index contributed by atoms with van der Waals surface area (Å²) in [7, 11) is 0. The predicted octanol–water partition coefficient (Wildman–Crippen LogP) is 2.88. The molecule has 0 bridgehead atoms. The van der Waals surface area contributed by atoms with Crippen molar-refractivity contribution in [1.82, 2.24) is 10.2 Å². The molecule has 0 aliphatic carbocycles. The zero-order valence-electron chi connectivity index (χ0n) is 12.4. The van der Waals surface area contributed by atoms with Crippen LogP contribution in [0.4, 0.5) is 13.2 Å². The third kappa shape index (κ3) is 3.59. The van der Waals surface area contributed by atoms with E-state index < -0.39 is 11.7 Å². The van der Waals surface area contributed by atoms with Crippen molar-refractivity contribution in [3.63, 3.8) is 0 Å². The molecular weight excluding hydrogens is 281 g/mol. The van der Waals surface area contributed by atoms with E-state index in [1.165, 1.54) is 6.08 Å². The largest absolute Gasteiger partial charge is 0.412 e. The van der Waals surface area contributed by atoms with Gasteiger partial charge in [-0.2, -0.15) is 13.2 Å². The molecule has 1 fully saturated rings. The normalized spacial score (nSPS) is 22.9. The number of hydrogen-bond donors (Lipinski definition) is 1. The van der Waals surface area contributed by atoms with E-state index in [0.717, 1.165) is 38.8 Å². The van der Waals surface area contributed by atoms with E-state index in [0.29, 0.717) is 0 Å². The quantitative estimate of drug-likeness (QED) is 0.813. The first-order valence-corrected chi connectivity index (χ1v) is 7.65. The van der Waals surface area contributed by atoms with E-state index in [-0.39, 0.29) is 30.8 Å². The summed E-state index contributed by atoms with van der Waals surface area (Å²) in [6.07, 6.45) is 0.129. The lowest BCUT2D eigenvalue weighted by Gasteiger charge is -2.41. The maximum absolute atomic E-state index is 12.8. The number of rotatable bonds is 3. The van der Waals surface area contributed by atoms with Crippen LogP contribution in [0.3, 0.4) is 0 Å². The summed E-state index contributed by atoms with van der Waals surface area (Å²) < 4.78 is 37.9. The maximum atomic E-state index is 12.8. The van der Waals surface area contributed by atoms with Crippen LogP contribution in [-0.4, -0.2) is 43.2 Å². The Labute approximate surface area is 123 Å². The SMILES string of the molecule is CCCC1(C(=O)N2CC=C(C(F)(F)F)CC2)CCNCC1. The van der Waals surface area contributed by atoms with Gasteiger partial charge in [-0.05, 0) is 38.8 Å². The van der Waals surface area contributed by atoms with E-state index in [4.69, 9.17) is 0 Å². The Morgan fingerprint density at radius 3 is 2.52 bits per heavy atom. The number of nitrogens with one attached hydrogen (secondary N) is 1. The number of nitrogens with zero attached hydrogens (tertiary/aromatic N) is 1. The highest BCUT2D eigenvalue weighted by molar-refractivity contribution is 5.83. The Bertz CT molecular complexity index is 406. The third-order valence-electron chi connectivity index (χ3n) is 4.60. The minimum Gasteiger partial charge on any atom is -0.338 e. The Morgan fingerprint density at radius 2 is 2.05 bits per heavy atom. The summed E-state index contributed by atoms with van der Waals surface area (Å²) >= 11 is 0. The first-order valence-electron chi connectivity index (χ1n) is 7.65. The molecule has 2 rings (SSSR count). The van der Waals surface area contributed by atoms with Crippen molar-refractivity contribution < 1.29 is 18.0 Å². The lowest BCUT2D eigenvalue weighted by Crippen LogP contribution is -2.50. The number of carbonyl (C=O) groups excluding carboxylic acids is 1. The highest BCUT2D eigenvalue weighted by Crippen LogP contribution is 2.38. The van der Waals surface area contributed by atoms with Crippen molar-refractivity contribution in [3.05, 3.63) is 11.6 Å². The highest BCUT2D eigenvalue weighted by Gasteiger charge is 2.42. The van der Waals surface area contributed by atoms with Crippen LogP contribution in [0.2, 0.25) is 0 Å². The van der Waals surface area contributed by atoms with Gasteiger partial charge in [-0.25, -0.2) is 0 Å². The summed E-state index contributed by atoms with van der Waals surface area (Å²) in [6.45, 7) is 3.94. The Hall–Kier alpha value is -1.04. The second-order valence-corrected chi connectivity index (χ2v) is 6.01. The summed E-state index contributed by atoms with van der Waals surface area (Å²) in [5.74, 6) is 0.0447. The molecule has 0 aromatic heterocycles. The molecule has 0 saturated carbocycles. The molecule has 0 aromatic rings. The Kier molecular flexibility index (Phi) is 4.96. The van der Waals surface area contributed by atoms with Crippen molar-refractivity contribution in [2.24, 2.45) is 5.41 Å². The molecule has 2 aliphatic heterocycles. The van der Waals surface area contributed by atoms with Crippen LogP contribution in [0.1, 0.15) is 39.0 Å². The molecule has 0 unspecified atom stereocenters. The van der Waals surface area contributed by atoms with Gasteiger partial charge in [0, 0.05) is 18.7 Å². The maximum Gasteiger partial charge on any atom is 0.412 e. The van der Waals surface area contributed by atoms with Crippen LogP contribution < -0.4 is 5.32 Å². The highest BCUT2D eigenvalue weighted by atomic mass is 19.4. The van der Waals surface area contributed by atoms with Crippen LogP contribution in [0.5, 0.6) is 0 Å². The molecule has 3 nitrogen and oxygen atoms in total. The van der Waals surface area contributed by atoms with E-state index in [2.05, 4.69) is 12.2 Å². The molecule has 1 saturated heterocycles. The molecule has 1 amide bonds. The molecule has 2 heterocycles. The fourth-order valence-corrected chi connectivity index (χ4v) is 3.40. The van der Waals surface area contributed by atoms with E-state index >= 15 is 0 Å². The van der Waals surface area contributed by atoms with Crippen molar-refractivity contribution in [1.29, 1.82) is 0 Å². The van der Waals surface area contributed by atoms with Gasteiger partial charge in [0.1, 0.15) is 0 Å². The first kappa shape index (κ1) is 16.3. The van der Waals surface area contributed by atoms with Gasteiger partial charge in [-0.15, -0.1) is 0 Å². The summed E-state index contributed by atoms with van der Waals surface area (Å²) in [4.78, 5) is 14.4. The minimum atomic E-state index is -4.26. The number of alkyl halides is 3. The predicted molar refractivity (Wildman–Crippen MR) is 74.8 cm³/mol. The molecular formula is C15H23F3N2O. The topological polar surface area (TPSA) is 32.3 Å². The number of halogens is 3. The number of piperidine rings is 1. The van der Waals surface area contributed by atoms with Gasteiger partial charge >= 0.3 is 6.18 Å².